The van der Waals surface area contributed by atoms with Gasteiger partial charge in [0.15, 0.2) is 0 Å². The van der Waals surface area contributed by atoms with Crippen LogP contribution in [0.4, 0.5) is 13.2 Å². The molecule has 1 fully saturated rings. The van der Waals surface area contributed by atoms with Crippen LogP contribution in [0.25, 0.3) is 0 Å². The first-order chi connectivity index (χ1) is 10.3. The highest BCUT2D eigenvalue weighted by Crippen LogP contribution is 2.29. The summed E-state index contributed by atoms with van der Waals surface area (Å²) in [6.07, 6.45) is -3.87. The zero-order chi connectivity index (χ0) is 16.3. The topological polar surface area (TPSA) is 84.2 Å². The van der Waals surface area contributed by atoms with E-state index in [2.05, 4.69) is 10.6 Å². The molecule has 1 aliphatic rings. The second kappa shape index (κ2) is 6.35. The minimum Gasteiger partial charge on any atom is -0.368 e. The van der Waals surface area contributed by atoms with Crippen molar-refractivity contribution in [1.29, 1.82) is 0 Å². The van der Waals surface area contributed by atoms with Crippen molar-refractivity contribution in [3.63, 3.8) is 0 Å². The number of alkyl halides is 3. The van der Waals surface area contributed by atoms with Crippen molar-refractivity contribution in [3.8, 4) is 0 Å². The lowest BCUT2D eigenvalue weighted by Gasteiger charge is -2.21. The molecule has 8 heteroatoms. The van der Waals surface area contributed by atoms with Crippen LogP contribution in [-0.4, -0.2) is 30.9 Å². The minimum absolute atomic E-state index is 0.160. The molecule has 0 aromatic heterocycles. The SMILES string of the molecule is NC(=O)[C@H](NC(=O)c1cccc(C(F)(F)F)c1)C1CCNC1. The van der Waals surface area contributed by atoms with Crippen molar-refractivity contribution in [2.75, 3.05) is 13.1 Å². The monoisotopic (exact) mass is 315 g/mol. The maximum absolute atomic E-state index is 12.7. The molecule has 2 atom stereocenters. The summed E-state index contributed by atoms with van der Waals surface area (Å²) in [6, 6.07) is 3.13. The molecule has 2 rings (SSSR count). The van der Waals surface area contributed by atoms with Gasteiger partial charge in [-0.15, -0.1) is 0 Å². The molecule has 0 spiro atoms. The lowest BCUT2D eigenvalue weighted by atomic mass is 9.97. The van der Waals surface area contributed by atoms with Gasteiger partial charge in [0.25, 0.3) is 5.91 Å². The van der Waals surface area contributed by atoms with Crippen molar-refractivity contribution < 1.29 is 22.8 Å². The Balaban J connectivity index is 2.15. The number of carbonyl (C=O) groups excluding carboxylic acids is 2. The summed E-state index contributed by atoms with van der Waals surface area (Å²) in [6.45, 7) is 1.23. The van der Waals surface area contributed by atoms with Crippen molar-refractivity contribution in [3.05, 3.63) is 35.4 Å². The van der Waals surface area contributed by atoms with Gasteiger partial charge in [0, 0.05) is 18.0 Å². The molecule has 0 bridgehead atoms. The summed E-state index contributed by atoms with van der Waals surface area (Å²) in [7, 11) is 0. The van der Waals surface area contributed by atoms with Crippen LogP contribution < -0.4 is 16.4 Å². The lowest BCUT2D eigenvalue weighted by Crippen LogP contribution is -2.49. The fraction of sp³-hybridized carbons (Fsp3) is 0.429. The van der Waals surface area contributed by atoms with Gasteiger partial charge in [-0.05, 0) is 31.2 Å². The highest BCUT2D eigenvalue weighted by atomic mass is 19.4. The van der Waals surface area contributed by atoms with E-state index in [1.807, 2.05) is 0 Å². The third-order valence-electron chi connectivity index (χ3n) is 3.62. The summed E-state index contributed by atoms with van der Waals surface area (Å²) in [5.74, 6) is -1.61. The number of benzene rings is 1. The van der Waals surface area contributed by atoms with Crippen LogP contribution in [-0.2, 0) is 11.0 Å². The van der Waals surface area contributed by atoms with E-state index in [4.69, 9.17) is 5.73 Å². The van der Waals surface area contributed by atoms with Crippen LogP contribution in [0.2, 0.25) is 0 Å². The first-order valence-corrected chi connectivity index (χ1v) is 6.77. The van der Waals surface area contributed by atoms with Crippen molar-refractivity contribution >= 4 is 11.8 Å². The van der Waals surface area contributed by atoms with Crippen LogP contribution in [0.3, 0.4) is 0 Å². The Hall–Kier alpha value is -2.09. The fourth-order valence-corrected chi connectivity index (χ4v) is 2.44. The summed E-state index contributed by atoms with van der Waals surface area (Å²) < 4.78 is 38.0. The van der Waals surface area contributed by atoms with Crippen LogP contribution in [0.15, 0.2) is 24.3 Å². The van der Waals surface area contributed by atoms with Crippen LogP contribution in [0.5, 0.6) is 0 Å². The third-order valence-corrected chi connectivity index (χ3v) is 3.62. The first-order valence-electron chi connectivity index (χ1n) is 6.77. The second-order valence-corrected chi connectivity index (χ2v) is 5.18. The Morgan fingerprint density at radius 1 is 1.36 bits per heavy atom. The molecule has 22 heavy (non-hydrogen) atoms. The number of rotatable bonds is 4. The molecular weight excluding hydrogens is 299 g/mol. The molecule has 1 aromatic rings. The predicted molar refractivity (Wildman–Crippen MR) is 72.9 cm³/mol. The van der Waals surface area contributed by atoms with Crippen molar-refractivity contribution in [2.45, 2.75) is 18.6 Å². The Morgan fingerprint density at radius 2 is 2.09 bits per heavy atom. The third kappa shape index (κ3) is 3.76. The number of halogens is 3. The van der Waals surface area contributed by atoms with Gasteiger partial charge in [0.05, 0.1) is 5.56 Å². The number of primary amides is 1. The molecule has 1 heterocycles. The number of hydrogen-bond donors (Lipinski definition) is 3. The molecule has 5 nitrogen and oxygen atoms in total. The maximum atomic E-state index is 12.7. The zero-order valence-corrected chi connectivity index (χ0v) is 11.6. The smallest absolute Gasteiger partial charge is 0.368 e. The molecule has 1 saturated heterocycles. The predicted octanol–water partition coefficient (Wildman–Crippen LogP) is 0.899. The molecule has 0 saturated carbocycles. The lowest BCUT2D eigenvalue weighted by molar-refractivity contribution is -0.137. The zero-order valence-electron chi connectivity index (χ0n) is 11.6. The van der Waals surface area contributed by atoms with Gasteiger partial charge in [0.1, 0.15) is 6.04 Å². The molecule has 0 radical (unpaired) electrons. The molecule has 0 aliphatic carbocycles. The van der Waals surface area contributed by atoms with Gasteiger partial charge in [-0.1, -0.05) is 6.07 Å². The highest BCUT2D eigenvalue weighted by Gasteiger charge is 2.33. The Kier molecular flexibility index (Phi) is 4.70. The number of carbonyl (C=O) groups is 2. The molecule has 1 unspecified atom stereocenters. The van der Waals surface area contributed by atoms with Crippen molar-refractivity contribution in [1.82, 2.24) is 10.6 Å². The number of amides is 2. The molecule has 2 amide bonds. The Morgan fingerprint density at radius 3 is 2.64 bits per heavy atom. The van der Waals surface area contributed by atoms with Gasteiger partial charge in [-0.25, -0.2) is 0 Å². The van der Waals surface area contributed by atoms with E-state index in [-0.39, 0.29) is 11.5 Å². The van der Waals surface area contributed by atoms with Gasteiger partial charge >= 0.3 is 6.18 Å². The van der Waals surface area contributed by atoms with Gasteiger partial charge in [-0.3, -0.25) is 9.59 Å². The van der Waals surface area contributed by atoms with Gasteiger partial charge in [0.2, 0.25) is 5.91 Å². The Labute approximate surface area is 125 Å². The fourth-order valence-electron chi connectivity index (χ4n) is 2.44. The number of nitrogens with two attached hydrogens (primary N) is 1. The van der Waals surface area contributed by atoms with E-state index >= 15 is 0 Å². The standard InChI is InChI=1S/C14H16F3N3O2/c15-14(16,17)10-3-1-2-8(6-10)13(22)20-11(12(18)21)9-4-5-19-7-9/h1-3,6,9,11,19H,4-5,7H2,(H2,18,21)(H,20,22)/t9?,11-/m1/s1. The van der Waals surface area contributed by atoms with E-state index in [0.29, 0.717) is 19.5 Å². The minimum atomic E-state index is -4.53. The van der Waals surface area contributed by atoms with E-state index in [0.717, 1.165) is 18.2 Å². The van der Waals surface area contributed by atoms with Gasteiger partial charge < -0.3 is 16.4 Å². The van der Waals surface area contributed by atoms with E-state index < -0.39 is 29.6 Å². The normalized spacial score (nSPS) is 19.7. The average molecular weight is 315 g/mol. The molecule has 1 aliphatic heterocycles. The average Bonchev–Trinajstić information content (AvgIpc) is 2.97. The number of nitrogens with one attached hydrogen (secondary N) is 2. The molecule has 4 N–H and O–H groups in total. The number of hydrogen-bond acceptors (Lipinski definition) is 3. The largest absolute Gasteiger partial charge is 0.416 e. The molecular formula is C14H16F3N3O2. The maximum Gasteiger partial charge on any atom is 0.416 e. The van der Waals surface area contributed by atoms with Crippen LogP contribution in [0, 0.1) is 5.92 Å². The summed E-state index contributed by atoms with van der Waals surface area (Å²) >= 11 is 0. The Bertz CT molecular complexity index is 569. The van der Waals surface area contributed by atoms with E-state index in [9.17, 15) is 22.8 Å². The van der Waals surface area contributed by atoms with Crippen LogP contribution in [0.1, 0.15) is 22.3 Å². The molecule has 1 aromatic carbocycles. The second-order valence-electron chi connectivity index (χ2n) is 5.18. The first kappa shape index (κ1) is 16.3. The quantitative estimate of drug-likeness (QED) is 0.772. The summed E-state index contributed by atoms with van der Waals surface area (Å²) in [5, 5.41) is 5.47. The summed E-state index contributed by atoms with van der Waals surface area (Å²) in [5.41, 5.74) is 4.20. The summed E-state index contributed by atoms with van der Waals surface area (Å²) in [4.78, 5) is 23.6. The van der Waals surface area contributed by atoms with Crippen LogP contribution >= 0.6 is 0 Å². The van der Waals surface area contributed by atoms with Gasteiger partial charge in [-0.2, -0.15) is 13.2 Å². The molecule has 120 valence electrons. The van der Waals surface area contributed by atoms with E-state index in [1.165, 1.54) is 6.07 Å². The van der Waals surface area contributed by atoms with E-state index in [1.54, 1.807) is 0 Å². The highest BCUT2D eigenvalue weighted by molar-refractivity contribution is 5.97. The van der Waals surface area contributed by atoms with Crippen molar-refractivity contribution in [2.24, 2.45) is 11.7 Å².